The largest absolute Gasteiger partial charge is 0.480 e. The van der Waals surface area contributed by atoms with Gasteiger partial charge in [-0.15, -0.1) is 0 Å². The van der Waals surface area contributed by atoms with Crippen molar-refractivity contribution in [1.29, 1.82) is 0 Å². The highest BCUT2D eigenvalue weighted by molar-refractivity contribution is 5.89. The molecule has 1 amide bonds. The molecule has 1 aliphatic heterocycles. The second-order valence-corrected chi connectivity index (χ2v) is 8.07. The summed E-state index contributed by atoms with van der Waals surface area (Å²) in [6.07, 6.45) is 2.58. The molecule has 3 aromatic rings. The van der Waals surface area contributed by atoms with E-state index in [9.17, 15) is 19.1 Å². The number of hydrogen-bond donors (Lipinski definition) is 3. The Bertz CT molecular complexity index is 1140. The molecule has 0 saturated carbocycles. The first kappa shape index (κ1) is 18.7. The minimum atomic E-state index is -0.929. The summed E-state index contributed by atoms with van der Waals surface area (Å²) >= 11 is 0. The molecule has 154 valence electrons. The Balaban J connectivity index is 1.37. The topological polar surface area (TPSA) is 83.4 Å². The predicted octanol–water partition coefficient (Wildman–Crippen LogP) is 2.88. The third kappa shape index (κ3) is 3.20. The summed E-state index contributed by atoms with van der Waals surface area (Å²) in [4.78, 5) is 24.2. The van der Waals surface area contributed by atoms with Crippen LogP contribution in [0, 0.1) is 5.82 Å². The van der Waals surface area contributed by atoms with Crippen molar-refractivity contribution in [3.05, 3.63) is 65.1 Å². The van der Waals surface area contributed by atoms with Crippen LogP contribution in [0.5, 0.6) is 0 Å². The predicted molar refractivity (Wildman–Crippen MR) is 111 cm³/mol. The van der Waals surface area contributed by atoms with Gasteiger partial charge in [-0.05, 0) is 54.7 Å². The zero-order valence-corrected chi connectivity index (χ0v) is 16.3. The van der Waals surface area contributed by atoms with Gasteiger partial charge < -0.3 is 20.3 Å². The number of carbonyl (C=O) groups is 2. The fraction of sp³-hybridized carbons (Fsp3) is 0.304. The lowest BCUT2D eigenvalue weighted by molar-refractivity contribution is -0.137. The monoisotopic (exact) mass is 407 g/mol. The highest BCUT2D eigenvalue weighted by atomic mass is 19.1. The normalized spacial score (nSPS) is 19.8. The van der Waals surface area contributed by atoms with Gasteiger partial charge in [0.15, 0.2) is 0 Å². The molecule has 0 saturated heterocycles. The Morgan fingerprint density at radius 1 is 1.20 bits per heavy atom. The minimum absolute atomic E-state index is 0.0416. The third-order valence-electron chi connectivity index (χ3n) is 6.16. The van der Waals surface area contributed by atoms with Gasteiger partial charge in [-0.25, -0.2) is 4.39 Å². The van der Waals surface area contributed by atoms with Crippen LogP contribution in [-0.4, -0.2) is 33.6 Å². The standard InChI is InChI=1S/C23H22FN3O3/c24-14-5-7-20-16(10-14)17-11-15(6-8-21(17)27(20)12-22(28)29)25-23(30)19-9-13-3-1-2-4-18(13)26-19/h1-5,7,10,15,19,26H,6,8-9,11-12H2,(H,25,30)(H,28,29)/t15-,19?/m0/s1. The number of benzene rings is 2. The van der Waals surface area contributed by atoms with Gasteiger partial charge in [0.25, 0.3) is 0 Å². The number of aliphatic carboxylic acids is 1. The van der Waals surface area contributed by atoms with E-state index in [1.165, 1.54) is 12.1 Å². The zero-order valence-electron chi connectivity index (χ0n) is 16.3. The van der Waals surface area contributed by atoms with Crippen molar-refractivity contribution in [2.45, 2.75) is 44.3 Å². The maximum Gasteiger partial charge on any atom is 0.323 e. The van der Waals surface area contributed by atoms with E-state index in [2.05, 4.69) is 10.6 Å². The molecule has 0 spiro atoms. The Hall–Kier alpha value is -3.35. The highest BCUT2D eigenvalue weighted by Gasteiger charge is 2.31. The molecule has 2 atom stereocenters. The molecular formula is C23H22FN3O3. The van der Waals surface area contributed by atoms with Crippen molar-refractivity contribution >= 4 is 28.5 Å². The van der Waals surface area contributed by atoms with Crippen LogP contribution in [0.2, 0.25) is 0 Å². The second-order valence-electron chi connectivity index (χ2n) is 8.07. The van der Waals surface area contributed by atoms with Crippen LogP contribution in [0.4, 0.5) is 10.1 Å². The molecule has 1 aliphatic carbocycles. The Morgan fingerprint density at radius 3 is 2.83 bits per heavy atom. The second kappa shape index (κ2) is 7.16. The number of anilines is 1. The van der Waals surface area contributed by atoms with E-state index in [1.807, 2.05) is 24.3 Å². The number of nitrogens with zero attached hydrogens (tertiary/aromatic N) is 1. The lowest BCUT2D eigenvalue weighted by atomic mass is 9.91. The van der Waals surface area contributed by atoms with Crippen LogP contribution < -0.4 is 10.6 Å². The number of rotatable bonds is 4. The van der Waals surface area contributed by atoms with Crippen LogP contribution in [-0.2, 0) is 35.4 Å². The van der Waals surface area contributed by atoms with Crippen LogP contribution in [0.15, 0.2) is 42.5 Å². The summed E-state index contributed by atoms with van der Waals surface area (Å²) in [5.74, 6) is -1.32. The van der Waals surface area contributed by atoms with Crippen molar-refractivity contribution in [2.75, 3.05) is 5.32 Å². The SMILES string of the molecule is O=C(O)Cn1c2c(c3cc(F)ccc31)C[C@@H](NC(=O)C1Cc3ccccc3N1)CC2. The van der Waals surface area contributed by atoms with E-state index in [4.69, 9.17) is 0 Å². The molecule has 0 bridgehead atoms. The number of halogens is 1. The number of aromatic nitrogens is 1. The fourth-order valence-electron chi connectivity index (χ4n) is 4.82. The van der Waals surface area contributed by atoms with E-state index >= 15 is 0 Å². The molecule has 2 aromatic carbocycles. The van der Waals surface area contributed by atoms with E-state index in [1.54, 1.807) is 10.6 Å². The molecule has 0 fully saturated rings. The van der Waals surface area contributed by atoms with Gasteiger partial charge >= 0.3 is 5.97 Å². The quantitative estimate of drug-likeness (QED) is 0.621. The van der Waals surface area contributed by atoms with Crippen molar-refractivity contribution in [1.82, 2.24) is 9.88 Å². The smallest absolute Gasteiger partial charge is 0.323 e. The van der Waals surface area contributed by atoms with E-state index in [-0.39, 0.29) is 30.4 Å². The first-order valence-electron chi connectivity index (χ1n) is 10.2. The molecule has 1 aromatic heterocycles. The highest BCUT2D eigenvalue weighted by Crippen LogP contribution is 2.33. The number of carbonyl (C=O) groups excluding carboxylic acids is 1. The first-order chi connectivity index (χ1) is 14.5. The summed E-state index contributed by atoms with van der Waals surface area (Å²) in [7, 11) is 0. The van der Waals surface area contributed by atoms with E-state index in [0.29, 0.717) is 19.3 Å². The molecule has 2 heterocycles. The van der Waals surface area contributed by atoms with E-state index in [0.717, 1.165) is 39.8 Å². The maximum absolute atomic E-state index is 13.9. The zero-order chi connectivity index (χ0) is 20.8. The number of hydrogen-bond acceptors (Lipinski definition) is 3. The summed E-state index contributed by atoms with van der Waals surface area (Å²) in [5.41, 5.74) is 4.72. The molecule has 0 radical (unpaired) electrons. The number of fused-ring (bicyclic) bond motifs is 4. The van der Waals surface area contributed by atoms with E-state index < -0.39 is 5.97 Å². The molecule has 1 unspecified atom stereocenters. The van der Waals surface area contributed by atoms with Gasteiger partial charge in [0.05, 0.1) is 0 Å². The van der Waals surface area contributed by atoms with Gasteiger partial charge in [0.1, 0.15) is 18.4 Å². The van der Waals surface area contributed by atoms with Crippen molar-refractivity contribution in [3.8, 4) is 0 Å². The number of amides is 1. The third-order valence-corrected chi connectivity index (χ3v) is 6.16. The average molecular weight is 407 g/mol. The molecule has 5 rings (SSSR count). The molecule has 3 N–H and O–H groups in total. The average Bonchev–Trinajstić information content (AvgIpc) is 3.28. The number of carboxylic acids is 1. The number of nitrogens with one attached hydrogen (secondary N) is 2. The molecule has 2 aliphatic rings. The lowest BCUT2D eigenvalue weighted by Gasteiger charge is -2.26. The van der Waals surface area contributed by atoms with Gasteiger partial charge in [-0.2, -0.15) is 0 Å². The van der Waals surface area contributed by atoms with Crippen LogP contribution >= 0.6 is 0 Å². The number of carboxylic acid groups (broad SMARTS) is 1. The Morgan fingerprint density at radius 2 is 2.03 bits per heavy atom. The van der Waals surface area contributed by atoms with Crippen molar-refractivity contribution < 1.29 is 19.1 Å². The Kier molecular flexibility index (Phi) is 4.46. The first-order valence-corrected chi connectivity index (χ1v) is 10.2. The summed E-state index contributed by atoms with van der Waals surface area (Å²) in [6, 6.07) is 12.0. The summed E-state index contributed by atoms with van der Waals surface area (Å²) < 4.78 is 15.7. The maximum atomic E-state index is 13.9. The number of para-hydroxylation sites is 1. The molecule has 6 nitrogen and oxygen atoms in total. The fourth-order valence-corrected chi connectivity index (χ4v) is 4.82. The summed E-state index contributed by atoms with van der Waals surface area (Å²) in [5, 5.41) is 16.5. The van der Waals surface area contributed by atoms with Gasteiger partial charge in [-0.3, -0.25) is 9.59 Å². The van der Waals surface area contributed by atoms with Crippen LogP contribution in [0.1, 0.15) is 23.2 Å². The lowest BCUT2D eigenvalue weighted by Crippen LogP contribution is -2.46. The minimum Gasteiger partial charge on any atom is -0.480 e. The molecular weight excluding hydrogens is 385 g/mol. The van der Waals surface area contributed by atoms with Gasteiger partial charge in [0.2, 0.25) is 5.91 Å². The van der Waals surface area contributed by atoms with Crippen LogP contribution in [0.3, 0.4) is 0 Å². The van der Waals surface area contributed by atoms with Gasteiger partial charge in [-0.1, -0.05) is 18.2 Å². The molecule has 30 heavy (non-hydrogen) atoms. The molecule has 7 heteroatoms. The van der Waals surface area contributed by atoms with Crippen LogP contribution in [0.25, 0.3) is 10.9 Å². The van der Waals surface area contributed by atoms with Crippen molar-refractivity contribution in [3.63, 3.8) is 0 Å². The van der Waals surface area contributed by atoms with Gasteiger partial charge in [0, 0.05) is 34.7 Å². The van der Waals surface area contributed by atoms with Crippen molar-refractivity contribution in [2.24, 2.45) is 0 Å². The Labute approximate surface area is 172 Å². The summed E-state index contributed by atoms with van der Waals surface area (Å²) in [6.45, 7) is -0.154.